The Morgan fingerprint density at radius 1 is 0.818 bits per heavy atom. The first kappa shape index (κ1) is 30.1. The van der Waals surface area contributed by atoms with Gasteiger partial charge in [0.05, 0.1) is 31.8 Å². The third-order valence-electron chi connectivity index (χ3n) is 6.97. The maximum absolute atomic E-state index is 9.47. The molecule has 3 N–H and O–H groups in total. The molecular formula is C29H52O4. The van der Waals surface area contributed by atoms with Crippen LogP contribution in [0.5, 0.6) is 0 Å². The van der Waals surface area contributed by atoms with Gasteiger partial charge in [0.25, 0.3) is 0 Å². The summed E-state index contributed by atoms with van der Waals surface area (Å²) in [5.41, 5.74) is 5.26. The average Bonchev–Trinajstić information content (AvgIpc) is 2.76. The van der Waals surface area contributed by atoms with E-state index in [1.807, 2.05) is 0 Å². The molecule has 0 aliphatic rings. The van der Waals surface area contributed by atoms with Gasteiger partial charge in [0.15, 0.2) is 0 Å². The molecule has 0 radical (unpaired) electrons. The SMILES string of the molecule is CCc1cc(C(C)(C)C)c(CCCCC(CC)COCC(CO)(CO)CO)c(C(C)(C)C)c1. The molecule has 1 rings (SSSR count). The summed E-state index contributed by atoms with van der Waals surface area (Å²) in [6.07, 6.45) is 6.61. The quantitative estimate of drug-likeness (QED) is 0.315. The van der Waals surface area contributed by atoms with Crippen molar-refractivity contribution in [2.75, 3.05) is 33.0 Å². The molecule has 4 heteroatoms. The van der Waals surface area contributed by atoms with Gasteiger partial charge in [0.2, 0.25) is 0 Å². The van der Waals surface area contributed by atoms with E-state index in [4.69, 9.17) is 4.74 Å². The van der Waals surface area contributed by atoms with Crippen molar-refractivity contribution >= 4 is 0 Å². The van der Waals surface area contributed by atoms with E-state index in [1.54, 1.807) is 0 Å². The van der Waals surface area contributed by atoms with Gasteiger partial charge in [-0.25, -0.2) is 0 Å². The second-order valence-corrected chi connectivity index (χ2v) is 12.0. The van der Waals surface area contributed by atoms with Gasteiger partial charge in [-0.3, -0.25) is 0 Å². The summed E-state index contributed by atoms with van der Waals surface area (Å²) in [6, 6.07) is 4.87. The number of aliphatic hydroxyl groups is 3. The molecule has 0 aliphatic heterocycles. The maximum atomic E-state index is 9.47. The Hall–Kier alpha value is -0.940. The number of rotatable bonds is 14. The molecular weight excluding hydrogens is 412 g/mol. The average molecular weight is 465 g/mol. The zero-order chi connectivity index (χ0) is 25.3. The first-order valence-corrected chi connectivity index (χ1v) is 12.9. The van der Waals surface area contributed by atoms with Crippen LogP contribution in [0.15, 0.2) is 12.1 Å². The first-order chi connectivity index (χ1) is 15.4. The van der Waals surface area contributed by atoms with Crippen LogP contribution in [0.1, 0.15) is 103 Å². The van der Waals surface area contributed by atoms with Gasteiger partial charge >= 0.3 is 0 Å². The number of benzene rings is 1. The Labute approximate surface area is 203 Å². The van der Waals surface area contributed by atoms with E-state index >= 15 is 0 Å². The molecule has 1 unspecified atom stereocenters. The highest BCUT2D eigenvalue weighted by atomic mass is 16.5. The Morgan fingerprint density at radius 2 is 1.33 bits per heavy atom. The van der Waals surface area contributed by atoms with Crippen LogP contribution in [-0.2, 0) is 28.4 Å². The molecule has 0 saturated heterocycles. The fraction of sp³-hybridized carbons (Fsp3) is 0.793. The Kier molecular flexibility index (Phi) is 12.1. The predicted molar refractivity (Wildman–Crippen MR) is 139 cm³/mol. The molecule has 192 valence electrons. The molecule has 0 fully saturated rings. The van der Waals surface area contributed by atoms with Gasteiger partial charge in [-0.05, 0) is 64.7 Å². The monoisotopic (exact) mass is 464 g/mol. The molecule has 4 nitrogen and oxygen atoms in total. The highest BCUT2D eigenvalue weighted by Crippen LogP contribution is 2.36. The number of unbranched alkanes of at least 4 members (excludes halogenated alkanes) is 1. The fourth-order valence-electron chi connectivity index (χ4n) is 4.41. The topological polar surface area (TPSA) is 69.9 Å². The van der Waals surface area contributed by atoms with Crippen molar-refractivity contribution < 1.29 is 20.1 Å². The largest absolute Gasteiger partial charge is 0.396 e. The maximum Gasteiger partial charge on any atom is 0.0629 e. The number of ether oxygens (including phenoxy) is 1. The number of hydrogen-bond acceptors (Lipinski definition) is 4. The fourth-order valence-corrected chi connectivity index (χ4v) is 4.41. The van der Waals surface area contributed by atoms with Gasteiger partial charge in [-0.1, -0.05) is 80.4 Å². The van der Waals surface area contributed by atoms with Crippen molar-refractivity contribution in [2.24, 2.45) is 11.3 Å². The molecule has 1 aromatic rings. The van der Waals surface area contributed by atoms with E-state index in [0.29, 0.717) is 12.5 Å². The van der Waals surface area contributed by atoms with Crippen LogP contribution in [0.3, 0.4) is 0 Å². The van der Waals surface area contributed by atoms with Crippen LogP contribution in [0.2, 0.25) is 0 Å². The third-order valence-corrected chi connectivity index (χ3v) is 6.97. The van der Waals surface area contributed by atoms with Crippen LogP contribution in [0.25, 0.3) is 0 Å². The summed E-state index contributed by atoms with van der Waals surface area (Å²) in [6.45, 7) is 18.3. The summed E-state index contributed by atoms with van der Waals surface area (Å²) in [4.78, 5) is 0. The van der Waals surface area contributed by atoms with E-state index < -0.39 is 5.41 Å². The molecule has 0 amide bonds. The first-order valence-electron chi connectivity index (χ1n) is 12.9. The standard InChI is InChI=1S/C29H52O4/c1-9-22(17-33-21-29(18-30,19-31)20-32)13-11-12-14-24-25(27(3,4)5)15-23(10-2)16-26(24)28(6,7)8/h15-16,22,30-32H,9-14,17-21H2,1-8H3. The molecule has 0 saturated carbocycles. The van der Waals surface area contributed by atoms with Gasteiger partial charge in [0, 0.05) is 6.61 Å². The summed E-state index contributed by atoms with van der Waals surface area (Å²) in [7, 11) is 0. The Morgan fingerprint density at radius 3 is 1.73 bits per heavy atom. The normalized spacial score (nSPS) is 14.0. The molecule has 0 spiro atoms. The second kappa shape index (κ2) is 13.2. The summed E-state index contributed by atoms with van der Waals surface area (Å²) in [5.74, 6) is 0.449. The lowest BCUT2D eigenvalue weighted by molar-refractivity contribution is -0.0645. The minimum absolute atomic E-state index is 0.124. The van der Waals surface area contributed by atoms with E-state index in [2.05, 4.69) is 67.5 Å². The molecule has 1 aromatic carbocycles. The van der Waals surface area contributed by atoms with Crippen LogP contribution < -0.4 is 0 Å². The van der Waals surface area contributed by atoms with E-state index in [-0.39, 0.29) is 37.3 Å². The van der Waals surface area contributed by atoms with Crippen LogP contribution in [0, 0.1) is 11.3 Å². The molecule has 1 atom stereocenters. The lowest BCUT2D eigenvalue weighted by Crippen LogP contribution is -2.39. The zero-order valence-corrected chi connectivity index (χ0v) is 22.8. The van der Waals surface area contributed by atoms with E-state index in [1.165, 1.54) is 22.3 Å². The molecule has 0 bridgehead atoms. The third kappa shape index (κ3) is 8.98. The summed E-state index contributed by atoms with van der Waals surface area (Å²) >= 11 is 0. The Balaban J connectivity index is 2.82. The smallest absolute Gasteiger partial charge is 0.0629 e. The van der Waals surface area contributed by atoms with E-state index in [0.717, 1.165) is 38.5 Å². The lowest BCUT2D eigenvalue weighted by Gasteiger charge is -2.31. The highest BCUT2D eigenvalue weighted by molar-refractivity contribution is 5.46. The molecule has 0 aromatic heterocycles. The van der Waals surface area contributed by atoms with Gasteiger partial charge < -0.3 is 20.1 Å². The minimum Gasteiger partial charge on any atom is -0.396 e. The summed E-state index contributed by atoms with van der Waals surface area (Å²) < 4.78 is 5.81. The molecule has 0 heterocycles. The molecule has 0 aliphatic carbocycles. The Bertz CT molecular complexity index is 649. The van der Waals surface area contributed by atoms with Crippen LogP contribution in [0.4, 0.5) is 0 Å². The van der Waals surface area contributed by atoms with Crippen molar-refractivity contribution in [3.05, 3.63) is 34.4 Å². The minimum atomic E-state index is -0.949. The number of aliphatic hydroxyl groups excluding tert-OH is 3. The van der Waals surface area contributed by atoms with Crippen molar-refractivity contribution in [3.63, 3.8) is 0 Å². The van der Waals surface area contributed by atoms with Crippen molar-refractivity contribution in [3.8, 4) is 0 Å². The van der Waals surface area contributed by atoms with E-state index in [9.17, 15) is 15.3 Å². The van der Waals surface area contributed by atoms with Crippen molar-refractivity contribution in [1.82, 2.24) is 0 Å². The van der Waals surface area contributed by atoms with Crippen LogP contribution in [-0.4, -0.2) is 48.4 Å². The van der Waals surface area contributed by atoms with Crippen molar-refractivity contribution in [1.29, 1.82) is 0 Å². The second-order valence-electron chi connectivity index (χ2n) is 12.0. The van der Waals surface area contributed by atoms with Gasteiger partial charge in [0.1, 0.15) is 0 Å². The highest BCUT2D eigenvalue weighted by Gasteiger charge is 2.29. The number of hydrogen-bond donors (Lipinski definition) is 3. The predicted octanol–water partition coefficient (Wildman–Crippen LogP) is 5.56. The lowest BCUT2D eigenvalue weighted by atomic mass is 9.74. The van der Waals surface area contributed by atoms with Gasteiger partial charge in [-0.15, -0.1) is 0 Å². The van der Waals surface area contributed by atoms with Crippen molar-refractivity contribution in [2.45, 2.75) is 105 Å². The summed E-state index contributed by atoms with van der Waals surface area (Å²) in [5, 5.41) is 28.4. The number of aryl methyl sites for hydroxylation is 1. The van der Waals surface area contributed by atoms with Crippen LogP contribution >= 0.6 is 0 Å². The van der Waals surface area contributed by atoms with Gasteiger partial charge in [-0.2, -0.15) is 0 Å². The zero-order valence-electron chi connectivity index (χ0n) is 22.8. The molecule has 33 heavy (non-hydrogen) atoms.